The summed E-state index contributed by atoms with van der Waals surface area (Å²) in [6.45, 7) is 1.09. The summed E-state index contributed by atoms with van der Waals surface area (Å²) in [6, 6.07) is -1.09. The van der Waals surface area contributed by atoms with Crippen LogP contribution in [-0.2, 0) is 9.53 Å². The van der Waals surface area contributed by atoms with Crippen LogP contribution in [0.4, 0.5) is 0 Å². The van der Waals surface area contributed by atoms with E-state index in [4.69, 9.17) is 9.84 Å². The molecule has 0 bridgehead atoms. The Morgan fingerprint density at radius 2 is 1.94 bits per heavy atom. The molecule has 5 atom stereocenters. The van der Waals surface area contributed by atoms with E-state index in [1.54, 1.807) is 6.92 Å². The summed E-state index contributed by atoms with van der Waals surface area (Å²) in [7, 11) is 0. The number of rotatable bonds is 3. The molecule has 7 heteroatoms. The van der Waals surface area contributed by atoms with E-state index in [-0.39, 0.29) is 12.3 Å². The first-order chi connectivity index (χ1) is 7.51. The van der Waals surface area contributed by atoms with Crippen molar-refractivity contribution in [3.63, 3.8) is 0 Å². The zero-order valence-corrected chi connectivity index (χ0v) is 8.91. The lowest BCUT2D eigenvalue weighted by Gasteiger charge is -2.40. The largest absolute Gasteiger partial charge is 0.394 e. The van der Waals surface area contributed by atoms with E-state index in [9.17, 15) is 20.1 Å². The van der Waals surface area contributed by atoms with Crippen molar-refractivity contribution in [2.24, 2.45) is 0 Å². The van der Waals surface area contributed by atoms with Gasteiger partial charge in [0, 0.05) is 6.42 Å². The number of hydrogen-bond donors (Lipinski definition) is 5. The van der Waals surface area contributed by atoms with Crippen LogP contribution in [0.15, 0.2) is 0 Å². The van der Waals surface area contributed by atoms with Crippen molar-refractivity contribution in [3.8, 4) is 0 Å². The van der Waals surface area contributed by atoms with Gasteiger partial charge >= 0.3 is 0 Å². The molecule has 0 aromatic heterocycles. The Morgan fingerprint density at radius 3 is 2.44 bits per heavy atom. The lowest BCUT2D eigenvalue weighted by molar-refractivity contribution is -0.253. The summed E-state index contributed by atoms with van der Waals surface area (Å²) < 4.78 is 4.86. The second-order valence-corrected chi connectivity index (χ2v) is 3.68. The number of nitrogens with one attached hydrogen (secondary N) is 1. The van der Waals surface area contributed by atoms with E-state index in [0.29, 0.717) is 0 Å². The number of carbonyl (C=O) groups is 1. The van der Waals surface area contributed by atoms with Gasteiger partial charge in [-0.25, -0.2) is 0 Å². The minimum Gasteiger partial charge on any atom is -0.394 e. The Hall–Kier alpha value is -0.730. The molecule has 1 aliphatic heterocycles. The monoisotopic (exact) mass is 235 g/mol. The summed E-state index contributed by atoms with van der Waals surface area (Å²) in [4.78, 5) is 11.1. The Morgan fingerprint density at radius 1 is 1.31 bits per heavy atom. The molecule has 94 valence electrons. The summed E-state index contributed by atoms with van der Waals surface area (Å²) in [5.41, 5.74) is 0. The number of aliphatic hydroxyl groups is 4. The summed E-state index contributed by atoms with van der Waals surface area (Å²) >= 11 is 0. The van der Waals surface area contributed by atoms with Gasteiger partial charge in [0.2, 0.25) is 5.91 Å². The van der Waals surface area contributed by atoms with Gasteiger partial charge < -0.3 is 30.5 Å². The van der Waals surface area contributed by atoms with Gasteiger partial charge in [-0.05, 0) is 0 Å². The fourth-order valence-electron chi connectivity index (χ4n) is 1.54. The van der Waals surface area contributed by atoms with Crippen molar-refractivity contribution >= 4 is 5.91 Å². The lowest BCUT2D eigenvalue weighted by atomic mass is 9.97. The highest BCUT2D eigenvalue weighted by Gasteiger charge is 2.44. The lowest BCUT2D eigenvalue weighted by Crippen LogP contribution is -2.64. The van der Waals surface area contributed by atoms with Crippen molar-refractivity contribution in [3.05, 3.63) is 0 Å². The highest BCUT2D eigenvalue weighted by Crippen LogP contribution is 2.19. The van der Waals surface area contributed by atoms with Gasteiger partial charge in [-0.2, -0.15) is 0 Å². The number of amides is 1. The second kappa shape index (κ2) is 5.55. The highest BCUT2D eigenvalue weighted by atomic mass is 16.6. The van der Waals surface area contributed by atoms with Crippen LogP contribution in [0.1, 0.15) is 13.3 Å². The molecular formula is C9H17NO6. The van der Waals surface area contributed by atoms with E-state index < -0.39 is 37.3 Å². The van der Waals surface area contributed by atoms with Crippen LogP contribution in [0.2, 0.25) is 0 Å². The van der Waals surface area contributed by atoms with Crippen molar-refractivity contribution in [2.45, 2.75) is 44.0 Å². The number of hydrogen-bond acceptors (Lipinski definition) is 6. The van der Waals surface area contributed by atoms with Crippen LogP contribution in [0.5, 0.6) is 0 Å². The summed E-state index contributed by atoms with van der Waals surface area (Å²) in [5.74, 6) is -0.374. The van der Waals surface area contributed by atoms with Crippen LogP contribution in [0.25, 0.3) is 0 Å². The number of ether oxygens (including phenoxy) is 1. The predicted molar refractivity (Wildman–Crippen MR) is 52.2 cm³/mol. The zero-order valence-electron chi connectivity index (χ0n) is 8.91. The Balaban J connectivity index is 2.67. The molecule has 7 nitrogen and oxygen atoms in total. The molecule has 5 N–H and O–H groups in total. The van der Waals surface area contributed by atoms with Crippen molar-refractivity contribution in [2.75, 3.05) is 6.61 Å². The van der Waals surface area contributed by atoms with E-state index in [1.165, 1.54) is 0 Å². The molecule has 1 amide bonds. The third-order valence-electron chi connectivity index (χ3n) is 2.55. The van der Waals surface area contributed by atoms with Crippen LogP contribution in [-0.4, -0.2) is 63.6 Å². The maximum absolute atomic E-state index is 11.1. The Kier molecular flexibility index (Phi) is 4.63. The highest BCUT2D eigenvalue weighted by molar-refractivity contribution is 5.76. The quantitative estimate of drug-likeness (QED) is 0.363. The van der Waals surface area contributed by atoms with Crippen LogP contribution >= 0.6 is 0 Å². The second-order valence-electron chi connectivity index (χ2n) is 3.68. The maximum atomic E-state index is 11.1. The first-order valence-electron chi connectivity index (χ1n) is 5.11. The van der Waals surface area contributed by atoms with E-state index in [0.717, 1.165) is 0 Å². The molecule has 0 aliphatic carbocycles. The zero-order chi connectivity index (χ0) is 12.3. The molecule has 16 heavy (non-hydrogen) atoms. The van der Waals surface area contributed by atoms with Crippen LogP contribution < -0.4 is 5.32 Å². The van der Waals surface area contributed by atoms with Crippen molar-refractivity contribution in [1.82, 2.24) is 5.32 Å². The third-order valence-corrected chi connectivity index (χ3v) is 2.55. The van der Waals surface area contributed by atoms with Crippen LogP contribution in [0, 0.1) is 0 Å². The molecule has 1 aliphatic rings. The Labute approximate surface area is 92.7 Å². The van der Waals surface area contributed by atoms with Gasteiger partial charge in [0.25, 0.3) is 0 Å². The molecule has 0 saturated carbocycles. The van der Waals surface area contributed by atoms with Gasteiger partial charge in [-0.15, -0.1) is 0 Å². The first-order valence-corrected chi connectivity index (χ1v) is 5.11. The summed E-state index contributed by atoms with van der Waals surface area (Å²) in [5, 5.41) is 39.8. The Bertz CT molecular complexity index is 248. The molecule has 0 aromatic rings. The van der Waals surface area contributed by atoms with E-state index in [2.05, 4.69) is 5.32 Å². The predicted octanol–water partition coefficient (Wildman–Crippen LogP) is -2.69. The van der Waals surface area contributed by atoms with Gasteiger partial charge in [0.05, 0.1) is 6.61 Å². The molecule has 1 saturated heterocycles. The standard InChI is InChI=1S/C9H17NO6/c1-2-5(12)10-6-8(14)7(13)4(3-11)16-9(6)15/h4,6-9,11,13-15H,2-3H2,1H3,(H,10,12)/t4?,6?,7-,8?,9?/m0/s1. The van der Waals surface area contributed by atoms with Gasteiger partial charge in [-0.1, -0.05) is 6.92 Å². The number of carbonyl (C=O) groups excluding carboxylic acids is 1. The fourth-order valence-corrected chi connectivity index (χ4v) is 1.54. The molecular weight excluding hydrogens is 218 g/mol. The fraction of sp³-hybridized carbons (Fsp3) is 0.889. The topological polar surface area (TPSA) is 119 Å². The molecule has 1 fully saturated rings. The molecule has 0 spiro atoms. The number of aliphatic hydroxyl groups excluding tert-OH is 4. The smallest absolute Gasteiger partial charge is 0.220 e. The molecule has 0 radical (unpaired) electrons. The minimum absolute atomic E-state index is 0.190. The normalized spacial score (nSPS) is 39.4. The van der Waals surface area contributed by atoms with Gasteiger partial charge in [0.1, 0.15) is 24.4 Å². The SMILES string of the molecule is CCC(=O)NC1C(O)OC(CO)[C@H](O)C1O. The minimum atomic E-state index is -1.45. The van der Waals surface area contributed by atoms with E-state index >= 15 is 0 Å². The maximum Gasteiger partial charge on any atom is 0.220 e. The van der Waals surface area contributed by atoms with Crippen molar-refractivity contribution in [1.29, 1.82) is 0 Å². The van der Waals surface area contributed by atoms with Gasteiger partial charge in [-0.3, -0.25) is 4.79 Å². The average Bonchev–Trinajstić information content (AvgIpc) is 2.28. The van der Waals surface area contributed by atoms with Crippen LogP contribution in [0.3, 0.4) is 0 Å². The average molecular weight is 235 g/mol. The molecule has 4 unspecified atom stereocenters. The molecule has 1 heterocycles. The van der Waals surface area contributed by atoms with Gasteiger partial charge in [0.15, 0.2) is 6.29 Å². The van der Waals surface area contributed by atoms with E-state index in [1.807, 2.05) is 0 Å². The van der Waals surface area contributed by atoms with Crippen molar-refractivity contribution < 1.29 is 30.0 Å². The first kappa shape index (κ1) is 13.3. The molecule has 0 aromatic carbocycles. The third kappa shape index (κ3) is 2.69. The molecule has 1 rings (SSSR count). The summed E-state index contributed by atoms with van der Waals surface area (Å²) in [6.07, 6.45) is -5.05.